The lowest BCUT2D eigenvalue weighted by molar-refractivity contribution is 0.104. The molecule has 2 aromatic carbocycles. The van der Waals surface area contributed by atoms with Crippen LogP contribution in [0.1, 0.15) is 15.9 Å². The lowest BCUT2D eigenvalue weighted by Crippen LogP contribution is -1.97. The largest absolute Gasteiger partial charge is 0.506 e. The van der Waals surface area contributed by atoms with Gasteiger partial charge in [0, 0.05) is 5.02 Å². The Balaban J connectivity index is 2.38. The highest BCUT2D eigenvalue weighted by Gasteiger charge is 2.15. The average molecular weight is 383 g/mol. The molecule has 0 saturated carbocycles. The van der Waals surface area contributed by atoms with Crippen LogP contribution in [0.3, 0.4) is 0 Å². The number of allylic oxidation sites excluding steroid dienone is 1. The van der Waals surface area contributed by atoms with E-state index in [1.807, 2.05) is 0 Å². The second-order valence-electron chi connectivity index (χ2n) is 4.94. The number of methoxy groups -OCH3 is 3. The van der Waals surface area contributed by atoms with Gasteiger partial charge in [0.2, 0.25) is 5.75 Å². The molecule has 0 aromatic heterocycles. The van der Waals surface area contributed by atoms with Crippen molar-refractivity contribution in [2.45, 2.75) is 0 Å². The first kappa shape index (κ1) is 19.0. The monoisotopic (exact) mass is 382 g/mol. The van der Waals surface area contributed by atoms with Crippen LogP contribution in [0.2, 0.25) is 10.0 Å². The molecule has 0 aliphatic heterocycles. The summed E-state index contributed by atoms with van der Waals surface area (Å²) in [6, 6.07) is 6.09. The van der Waals surface area contributed by atoms with Gasteiger partial charge >= 0.3 is 0 Å². The van der Waals surface area contributed by atoms with Gasteiger partial charge < -0.3 is 19.3 Å². The number of carbonyl (C=O) groups is 1. The normalized spacial score (nSPS) is 10.8. The molecule has 2 aromatic rings. The molecular formula is C18H16Cl2O5. The van der Waals surface area contributed by atoms with Crippen LogP contribution in [0.4, 0.5) is 0 Å². The van der Waals surface area contributed by atoms with Gasteiger partial charge in [-0.2, -0.15) is 0 Å². The Morgan fingerprint density at radius 3 is 2.12 bits per heavy atom. The molecule has 0 bridgehead atoms. The fourth-order valence-corrected chi connectivity index (χ4v) is 2.71. The summed E-state index contributed by atoms with van der Waals surface area (Å²) in [6.07, 6.45) is 2.85. The van der Waals surface area contributed by atoms with Crippen molar-refractivity contribution in [2.24, 2.45) is 0 Å². The third-order valence-electron chi connectivity index (χ3n) is 3.41. The minimum atomic E-state index is -0.448. The first-order valence-electron chi connectivity index (χ1n) is 7.11. The number of halogens is 2. The van der Waals surface area contributed by atoms with E-state index >= 15 is 0 Å². The maximum Gasteiger partial charge on any atom is 0.203 e. The zero-order valence-corrected chi connectivity index (χ0v) is 15.3. The predicted molar refractivity (Wildman–Crippen MR) is 97.6 cm³/mol. The molecule has 25 heavy (non-hydrogen) atoms. The van der Waals surface area contributed by atoms with Crippen LogP contribution in [-0.2, 0) is 0 Å². The van der Waals surface area contributed by atoms with Crippen molar-refractivity contribution >= 4 is 35.1 Å². The van der Waals surface area contributed by atoms with E-state index in [-0.39, 0.29) is 21.4 Å². The van der Waals surface area contributed by atoms with Crippen LogP contribution < -0.4 is 14.2 Å². The lowest BCUT2D eigenvalue weighted by atomic mass is 10.1. The van der Waals surface area contributed by atoms with E-state index < -0.39 is 5.78 Å². The molecule has 1 N–H and O–H groups in total. The summed E-state index contributed by atoms with van der Waals surface area (Å²) < 4.78 is 15.8. The fraction of sp³-hybridized carbons (Fsp3) is 0.167. The molecule has 0 amide bonds. The molecule has 132 valence electrons. The zero-order chi connectivity index (χ0) is 18.6. The molecule has 0 aliphatic carbocycles. The Bertz CT molecular complexity index is 805. The van der Waals surface area contributed by atoms with Crippen molar-refractivity contribution < 1.29 is 24.1 Å². The number of phenols is 1. The zero-order valence-electron chi connectivity index (χ0n) is 13.8. The summed E-state index contributed by atoms with van der Waals surface area (Å²) in [6.45, 7) is 0. The first-order chi connectivity index (χ1) is 11.9. The summed E-state index contributed by atoms with van der Waals surface area (Å²) >= 11 is 11.7. The van der Waals surface area contributed by atoms with E-state index in [4.69, 9.17) is 37.4 Å². The molecule has 5 nitrogen and oxygen atoms in total. The Kier molecular flexibility index (Phi) is 6.17. The predicted octanol–water partition coefficient (Wildman–Crippen LogP) is 4.62. The molecule has 7 heteroatoms. The smallest absolute Gasteiger partial charge is 0.203 e. The SMILES string of the molecule is COc1cc(/C=C/C(=O)c2cc(Cl)cc(Cl)c2O)cc(OC)c1OC. The van der Waals surface area contributed by atoms with E-state index in [1.54, 1.807) is 18.2 Å². The summed E-state index contributed by atoms with van der Waals surface area (Å²) in [7, 11) is 4.51. The van der Waals surface area contributed by atoms with Crippen LogP contribution in [0.5, 0.6) is 23.0 Å². The van der Waals surface area contributed by atoms with Crippen molar-refractivity contribution in [3.05, 3.63) is 51.5 Å². The molecule has 0 fully saturated rings. The van der Waals surface area contributed by atoms with Gasteiger partial charge in [0.15, 0.2) is 17.3 Å². The topological polar surface area (TPSA) is 65.0 Å². The number of carbonyl (C=O) groups excluding carboxylic acids is 1. The molecule has 0 heterocycles. The van der Waals surface area contributed by atoms with Gasteiger partial charge in [-0.1, -0.05) is 29.3 Å². The molecule has 2 rings (SSSR count). The lowest BCUT2D eigenvalue weighted by Gasteiger charge is -2.12. The molecular weight excluding hydrogens is 367 g/mol. The number of hydrogen-bond acceptors (Lipinski definition) is 5. The van der Waals surface area contributed by atoms with Crippen molar-refractivity contribution in [3.63, 3.8) is 0 Å². The van der Waals surface area contributed by atoms with Crippen LogP contribution in [-0.4, -0.2) is 32.2 Å². The third-order valence-corrected chi connectivity index (χ3v) is 3.91. The molecule has 0 spiro atoms. The van der Waals surface area contributed by atoms with E-state index in [2.05, 4.69) is 0 Å². The highest BCUT2D eigenvalue weighted by atomic mass is 35.5. The van der Waals surface area contributed by atoms with Gasteiger partial charge in [0.25, 0.3) is 0 Å². The number of benzene rings is 2. The minimum absolute atomic E-state index is 0.0111. The average Bonchev–Trinajstić information content (AvgIpc) is 2.61. The number of phenolic OH excluding ortho intramolecular Hbond substituents is 1. The molecule has 0 atom stereocenters. The molecule has 0 radical (unpaired) electrons. The first-order valence-corrected chi connectivity index (χ1v) is 7.87. The fourth-order valence-electron chi connectivity index (χ4n) is 2.21. The second kappa shape index (κ2) is 8.14. The van der Waals surface area contributed by atoms with Crippen LogP contribution in [0.25, 0.3) is 6.08 Å². The Morgan fingerprint density at radius 1 is 1.00 bits per heavy atom. The Labute approximate surface area is 155 Å². The van der Waals surface area contributed by atoms with Gasteiger partial charge in [-0.25, -0.2) is 0 Å². The summed E-state index contributed by atoms with van der Waals surface area (Å²) in [5, 5.41) is 10.2. The standard InChI is InChI=1S/C18H16Cl2O5/c1-23-15-6-10(7-16(24-2)18(15)25-3)4-5-14(21)12-8-11(19)9-13(20)17(12)22/h4-9,22H,1-3H3/b5-4+. The Hall–Kier alpha value is -2.37. The van der Waals surface area contributed by atoms with Gasteiger partial charge in [0.1, 0.15) is 5.75 Å². The van der Waals surface area contributed by atoms with Crippen molar-refractivity contribution in [3.8, 4) is 23.0 Å². The van der Waals surface area contributed by atoms with Crippen LogP contribution in [0, 0.1) is 0 Å². The van der Waals surface area contributed by atoms with E-state index in [0.717, 1.165) is 0 Å². The summed E-state index contributed by atoms with van der Waals surface area (Å²) in [5.74, 6) is 0.610. The quantitative estimate of drug-likeness (QED) is 0.583. The van der Waals surface area contributed by atoms with Gasteiger partial charge in [0.05, 0.1) is 31.9 Å². The Morgan fingerprint density at radius 2 is 1.60 bits per heavy atom. The molecule has 0 saturated heterocycles. The van der Waals surface area contributed by atoms with Gasteiger partial charge in [-0.05, 0) is 35.9 Å². The summed E-state index contributed by atoms with van der Waals surface area (Å²) in [5.41, 5.74) is 0.664. The van der Waals surface area contributed by atoms with E-state index in [1.165, 1.54) is 39.5 Å². The maximum atomic E-state index is 12.3. The van der Waals surface area contributed by atoms with Crippen LogP contribution in [0.15, 0.2) is 30.3 Å². The number of rotatable bonds is 6. The minimum Gasteiger partial charge on any atom is -0.506 e. The third kappa shape index (κ3) is 4.18. The van der Waals surface area contributed by atoms with E-state index in [9.17, 15) is 9.90 Å². The second-order valence-corrected chi connectivity index (χ2v) is 5.78. The highest BCUT2D eigenvalue weighted by Crippen LogP contribution is 2.38. The van der Waals surface area contributed by atoms with Gasteiger partial charge in [-0.15, -0.1) is 0 Å². The molecule has 0 unspecified atom stereocenters. The van der Waals surface area contributed by atoms with Gasteiger partial charge in [-0.3, -0.25) is 4.79 Å². The number of hydrogen-bond donors (Lipinski definition) is 1. The maximum absolute atomic E-state index is 12.3. The number of ether oxygens (including phenoxy) is 3. The summed E-state index contributed by atoms with van der Waals surface area (Å²) in [4.78, 5) is 12.3. The van der Waals surface area contributed by atoms with E-state index in [0.29, 0.717) is 22.8 Å². The number of aromatic hydroxyl groups is 1. The van der Waals surface area contributed by atoms with Crippen LogP contribution >= 0.6 is 23.2 Å². The van der Waals surface area contributed by atoms with Crippen molar-refractivity contribution in [2.75, 3.05) is 21.3 Å². The number of ketones is 1. The van der Waals surface area contributed by atoms with Crippen molar-refractivity contribution in [1.82, 2.24) is 0 Å². The highest BCUT2D eigenvalue weighted by molar-refractivity contribution is 6.36. The molecule has 0 aliphatic rings. The van der Waals surface area contributed by atoms with Crippen molar-refractivity contribution in [1.29, 1.82) is 0 Å².